The number of carbonyl (C=O) groups is 2. The Morgan fingerprint density at radius 3 is 2.42 bits per heavy atom. The molecule has 0 aliphatic carbocycles. The lowest BCUT2D eigenvalue weighted by Crippen LogP contribution is -2.29. The molecule has 1 N–H and O–H groups in total. The van der Waals surface area contributed by atoms with Crippen molar-refractivity contribution in [2.45, 2.75) is 12.6 Å². The van der Waals surface area contributed by atoms with E-state index in [1.165, 1.54) is 48.7 Å². The van der Waals surface area contributed by atoms with Crippen LogP contribution in [0.4, 0.5) is 11.4 Å². The number of benzene rings is 2. The van der Waals surface area contributed by atoms with Gasteiger partial charge in [-0.15, -0.1) is 0 Å². The number of aliphatic hydroxyl groups is 1. The average Bonchev–Trinajstić information content (AvgIpc) is 3.41. The summed E-state index contributed by atoms with van der Waals surface area (Å²) in [5.41, 5.74) is -1.20. The summed E-state index contributed by atoms with van der Waals surface area (Å²) in [5.74, 6) is -2.44. The number of Topliss-reactive ketones (excluding diaryl/α,β-unsaturated/α-hetero) is 1. The van der Waals surface area contributed by atoms with Gasteiger partial charge in [-0.2, -0.15) is 0 Å². The molecule has 0 radical (unpaired) electrons. The van der Waals surface area contributed by atoms with E-state index >= 15 is 0 Å². The number of nitrogens with zero attached hydrogens (tertiary/aromatic N) is 3. The number of hydrogen-bond donors (Lipinski definition) is 1. The summed E-state index contributed by atoms with van der Waals surface area (Å²) in [4.78, 5) is 48.5. The van der Waals surface area contributed by atoms with Gasteiger partial charge in [-0.05, 0) is 18.2 Å². The Morgan fingerprint density at radius 2 is 1.76 bits per heavy atom. The minimum Gasteiger partial charge on any atom is -0.507 e. The molecule has 0 bridgehead atoms. The Balaban J connectivity index is 1.94. The van der Waals surface area contributed by atoms with Crippen LogP contribution in [0.1, 0.15) is 22.9 Å². The van der Waals surface area contributed by atoms with E-state index in [4.69, 9.17) is 4.42 Å². The van der Waals surface area contributed by atoms with Gasteiger partial charge in [0.1, 0.15) is 11.5 Å². The van der Waals surface area contributed by atoms with Gasteiger partial charge in [0.15, 0.2) is 0 Å². The van der Waals surface area contributed by atoms with Crippen LogP contribution in [0.25, 0.3) is 5.76 Å². The van der Waals surface area contributed by atoms with Gasteiger partial charge in [-0.1, -0.05) is 24.3 Å². The Bertz CT molecular complexity index is 1310. The van der Waals surface area contributed by atoms with E-state index in [2.05, 4.69) is 0 Å². The second-order valence-electron chi connectivity index (χ2n) is 7.13. The lowest BCUT2D eigenvalue weighted by molar-refractivity contribution is -0.385. The molecule has 1 aliphatic heterocycles. The zero-order valence-corrected chi connectivity index (χ0v) is 16.8. The standard InChI is InChI=1S/C22H15N3O8/c26-20(13-5-3-6-14(11-13)24(29)30)18-19(16-8-1-2-9-17(16)25(31)32)23(22(28)21(18)27)12-15-7-4-10-33-15/h1-11,19,26H,12H2/t19-/m0/s1. The van der Waals surface area contributed by atoms with Gasteiger partial charge in [0.25, 0.3) is 23.1 Å². The van der Waals surface area contributed by atoms with Crippen molar-refractivity contribution in [1.82, 2.24) is 4.90 Å². The number of hydrogen-bond acceptors (Lipinski definition) is 8. The van der Waals surface area contributed by atoms with Crippen LogP contribution in [0, 0.1) is 20.2 Å². The van der Waals surface area contributed by atoms with E-state index in [9.17, 15) is 34.9 Å². The number of nitro benzene ring substituents is 2. The quantitative estimate of drug-likeness (QED) is 0.196. The number of rotatable bonds is 6. The fraction of sp³-hybridized carbons (Fsp3) is 0.0909. The van der Waals surface area contributed by atoms with Gasteiger partial charge in [0.2, 0.25) is 0 Å². The Hall–Kier alpha value is -4.80. The second-order valence-corrected chi connectivity index (χ2v) is 7.13. The lowest BCUT2D eigenvalue weighted by Gasteiger charge is -2.24. The number of aliphatic hydroxyl groups excluding tert-OH is 1. The Labute approximate surface area is 185 Å². The number of nitro groups is 2. The number of ketones is 1. The first-order valence-corrected chi connectivity index (χ1v) is 9.58. The molecule has 1 amide bonds. The highest BCUT2D eigenvalue weighted by molar-refractivity contribution is 6.46. The third kappa shape index (κ3) is 3.82. The third-order valence-corrected chi connectivity index (χ3v) is 5.20. The van der Waals surface area contributed by atoms with Crippen molar-refractivity contribution in [3.05, 3.63) is 110 Å². The SMILES string of the molecule is O=C1C(=O)N(Cc2ccco2)[C@@H](c2ccccc2[N+](=O)[O-])C1=C(O)c1cccc([N+](=O)[O-])c1. The van der Waals surface area contributed by atoms with Crippen LogP contribution in [-0.2, 0) is 16.1 Å². The van der Waals surface area contributed by atoms with Crippen LogP contribution < -0.4 is 0 Å². The number of likely N-dealkylation sites (tertiary alicyclic amines) is 1. The number of non-ortho nitro benzene ring substituents is 1. The van der Waals surface area contributed by atoms with Crippen molar-refractivity contribution >= 4 is 28.8 Å². The fourth-order valence-corrected chi connectivity index (χ4v) is 3.74. The Morgan fingerprint density at radius 1 is 1.00 bits per heavy atom. The minimum absolute atomic E-state index is 0.000219. The molecule has 1 saturated heterocycles. The molecule has 0 saturated carbocycles. The first kappa shape index (κ1) is 21.4. The van der Waals surface area contributed by atoms with E-state index in [0.717, 1.165) is 11.0 Å². The highest BCUT2D eigenvalue weighted by atomic mass is 16.6. The minimum atomic E-state index is -1.32. The van der Waals surface area contributed by atoms with Crippen LogP contribution in [0.15, 0.2) is 76.9 Å². The molecule has 0 unspecified atom stereocenters. The summed E-state index contributed by atoms with van der Waals surface area (Å²) >= 11 is 0. The molecule has 0 spiro atoms. The number of carbonyl (C=O) groups excluding carboxylic acids is 2. The summed E-state index contributed by atoms with van der Waals surface area (Å²) in [5, 5.41) is 33.8. The lowest BCUT2D eigenvalue weighted by atomic mass is 9.94. The summed E-state index contributed by atoms with van der Waals surface area (Å²) in [6.45, 7) is -0.194. The summed E-state index contributed by atoms with van der Waals surface area (Å²) in [6.07, 6.45) is 1.37. The molecule has 11 nitrogen and oxygen atoms in total. The van der Waals surface area contributed by atoms with Crippen molar-refractivity contribution in [1.29, 1.82) is 0 Å². The number of para-hydroxylation sites is 1. The number of amides is 1. The maximum Gasteiger partial charge on any atom is 0.296 e. The van der Waals surface area contributed by atoms with Crippen LogP contribution in [0.3, 0.4) is 0 Å². The van der Waals surface area contributed by atoms with E-state index in [1.807, 2.05) is 0 Å². The van der Waals surface area contributed by atoms with E-state index in [1.54, 1.807) is 12.1 Å². The highest BCUT2D eigenvalue weighted by Gasteiger charge is 2.48. The second kappa shape index (κ2) is 8.38. The molecule has 33 heavy (non-hydrogen) atoms. The third-order valence-electron chi connectivity index (χ3n) is 5.20. The molecule has 1 fully saturated rings. The molecular weight excluding hydrogens is 434 g/mol. The van der Waals surface area contributed by atoms with E-state index < -0.39 is 38.9 Å². The molecule has 1 aromatic heterocycles. The van der Waals surface area contributed by atoms with Gasteiger partial charge in [0, 0.05) is 23.8 Å². The van der Waals surface area contributed by atoms with Crippen LogP contribution in [0.5, 0.6) is 0 Å². The van der Waals surface area contributed by atoms with E-state index in [0.29, 0.717) is 5.76 Å². The van der Waals surface area contributed by atoms with Gasteiger partial charge >= 0.3 is 0 Å². The molecule has 1 aliphatic rings. The maximum atomic E-state index is 13.0. The van der Waals surface area contributed by atoms with Crippen LogP contribution >= 0.6 is 0 Å². The van der Waals surface area contributed by atoms with Crippen LogP contribution in [0.2, 0.25) is 0 Å². The van der Waals surface area contributed by atoms with Crippen molar-refractivity contribution in [3.8, 4) is 0 Å². The summed E-state index contributed by atoms with van der Waals surface area (Å²) in [7, 11) is 0. The Kier molecular flexibility index (Phi) is 5.44. The molecular formula is C22H15N3O8. The highest BCUT2D eigenvalue weighted by Crippen LogP contribution is 2.43. The van der Waals surface area contributed by atoms with Gasteiger partial charge in [-0.3, -0.25) is 29.8 Å². The zero-order chi connectivity index (χ0) is 23.7. The largest absolute Gasteiger partial charge is 0.507 e. The molecule has 1 atom stereocenters. The first-order chi connectivity index (χ1) is 15.8. The van der Waals surface area contributed by atoms with E-state index in [-0.39, 0.29) is 29.0 Å². The molecule has 3 aromatic rings. The van der Waals surface area contributed by atoms with Gasteiger partial charge < -0.3 is 14.4 Å². The molecule has 4 rings (SSSR count). The summed E-state index contributed by atoms with van der Waals surface area (Å²) in [6, 6.07) is 12.2. The first-order valence-electron chi connectivity index (χ1n) is 9.58. The molecule has 166 valence electrons. The topological polar surface area (TPSA) is 157 Å². The van der Waals surface area contributed by atoms with Gasteiger partial charge in [-0.25, -0.2) is 0 Å². The summed E-state index contributed by atoms with van der Waals surface area (Å²) < 4.78 is 5.27. The monoisotopic (exact) mass is 449 g/mol. The van der Waals surface area contributed by atoms with Crippen molar-refractivity contribution < 1.29 is 29.0 Å². The smallest absolute Gasteiger partial charge is 0.296 e. The maximum absolute atomic E-state index is 13.0. The van der Waals surface area contributed by atoms with Crippen LogP contribution in [-0.4, -0.2) is 31.5 Å². The molecule has 2 heterocycles. The van der Waals surface area contributed by atoms with Gasteiger partial charge in [0.05, 0.1) is 39.8 Å². The number of furan rings is 1. The predicted octanol–water partition coefficient (Wildman–Crippen LogP) is 3.72. The van der Waals surface area contributed by atoms with Crippen molar-refractivity contribution in [2.75, 3.05) is 0 Å². The zero-order valence-electron chi connectivity index (χ0n) is 16.8. The van der Waals surface area contributed by atoms with Crippen molar-refractivity contribution in [2.24, 2.45) is 0 Å². The predicted molar refractivity (Wildman–Crippen MR) is 113 cm³/mol. The molecule has 2 aromatic carbocycles. The average molecular weight is 449 g/mol. The molecule has 11 heteroatoms. The normalized spacial score (nSPS) is 17.3. The fourth-order valence-electron chi connectivity index (χ4n) is 3.74. The van der Waals surface area contributed by atoms with Crippen molar-refractivity contribution in [3.63, 3.8) is 0 Å².